The molecule has 6 nitrogen and oxygen atoms in total. The molecule has 1 heterocycles. The minimum absolute atomic E-state index is 0.0165. The number of nitrogens with zero attached hydrogens (tertiary/aromatic N) is 2. The number of amides is 1. The molecule has 3 N–H and O–H groups in total. The number of rotatable bonds is 3. The van der Waals surface area contributed by atoms with Crippen LogP contribution in [0.5, 0.6) is 0 Å². The Morgan fingerprint density at radius 1 is 1.53 bits per heavy atom. The van der Waals surface area contributed by atoms with Crippen LogP contribution >= 0.6 is 0 Å². The molecule has 0 saturated heterocycles. The number of hydrogen-bond donors (Lipinski definition) is 3. The fourth-order valence-corrected chi connectivity index (χ4v) is 2.45. The highest BCUT2D eigenvalue weighted by molar-refractivity contribution is 5.81. The number of aromatic amines is 1. The molecule has 106 valence electrons. The molecular weight excluding hydrogens is 244 g/mol. The maximum absolute atomic E-state index is 11.8. The minimum Gasteiger partial charge on any atom is -0.393 e. The second-order valence-electron chi connectivity index (χ2n) is 6.33. The summed E-state index contributed by atoms with van der Waals surface area (Å²) >= 11 is 0. The van der Waals surface area contributed by atoms with Gasteiger partial charge in [0.05, 0.1) is 6.10 Å². The Bertz CT molecular complexity index is 424. The fraction of sp³-hybridized carbons (Fsp3) is 0.769. The van der Waals surface area contributed by atoms with Crippen molar-refractivity contribution in [3.8, 4) is 0 Å². The minimum atomic E-state index is -0.395. The Kier molecular flexibility index (Phi) is 3.89. The van der Waals surface area contributed by atoms with E-state index in [1.54, 1.807) is 0 Å². The van der Waals surface area contributed by atoms with E-state index in [0.717, 1.165) is 12.2 Å². The van der Waals surface area contributed by atoms with Crippen LogP contribution in [0, 0.1) is 11.3 Å². The maximum Gasteiger partial charge on any atom is 0.225 e. The Balaban J connectivity index is 1.87. The van der Waals surface area contributed by atoms with E-state index in [1.165, 1.54) is 6.33 Å². The first-order valence-electron chi connectivity index (χ1n) is 6.69. The number of carbonyl (C=O) groups is 1. The first kappa shape index (κ1) is 14.0. The van der Waals surface area contributed by atoms with Crippen molar-refractivity contribution in [2.75, 3.05) is 6.54 Å². The molecule has 0 aliphatic heterocycles. The summed E-state index contributed by atoms with van der Waals surface area (Å²) in [5.41, 5.74) is -0.395. The van der Waals surface area contributed by atoms with Crippen molar-refractivity contribution >= 4 is 5.91 Å². The molecule has 1 aromatic heterocycles. The van der Waals surface area contributed by atoms with E-state index in [-0.39, 0.29) is 17.7 Å². The Morgan fingerprint density at radius 3 is 2.84 bits per heavy atom. The Morgan fingerprint density at radius 2 is 2.26 bits per heavy atom. The van der Waals surface area contributed by atoms with Crippen LogP contribution in [0.15, 0.2) is 6.33 Å². The lowest BCUT2D eigenvalue weighted by molar-refractivity contribution is -0.128. The van der Waals surface area contributed by atoms with E-state index in [4.69, 9.17) is 0 Å². The molecule has 1 amide bonds. The zero-order valence-electron chi connectivity index (χ0n) is 11.7. The normalized spacial score (nSPS) is 27.5. The van der Waals surface area contributed by atoms with Crippen LogP contribution in [0.1, 0.15) is 45.4 Å². The quantitative estimate of drug-likeness (QED) is 0.755. The van der Waals surface area contributed by atoms with Gasteiger partial charge in [-0.15, -0.1) is 0 Å². The fourth-order valence-electron chi connectivity index (χ4n) is 2.45. The van der Waals surface area contributed by atoms with E-state index in [0.29, 0.717) is 13.0 Å². The predicted molar refractivity (Wildman–Crippen MR) is 70.3 cm³/mol. The maximum atomic E-state index is 11.8. The average Bonchev–Trinajstić information content (AvgIpc) is 2.93. The van der Waals surface area contributed by atoms with E-state index in [9.17, 15) is 9.90 Å². The summed E-state index contributed by atoms with van der Waals surface area (Å²) in [6, 6.07) is 0. The lowest BCUT2D eigenvalue weighted by Gasteiger charge is -2.21. The predicted octanol–water partition coefficient (Wildman–Crippen LogP) is 0.821. The number of H-pyrrole nitrogens is 1. The highest BCUT2D eigenvalue weighted by Crippen LogP contribution is 2.36. The molecule has 0 spiro atoms. The summed E-state index contributed by atoms with van der Waals surface area (Å²) in [6.45, 7) is 6.15. The van der Waals surface area contributed by atoms with Gasteiger partial charge in [-0.2, -0.15) is 5.10 Å². The lowest BCUT2D eigenvalue weighted by atomic mass is 9.95. The van der Waals surface area contributed by atoms with Gasteiger partial charge in [0.25, 0.3) is 0 Å². The molecule has 3 atom stereocenters. The molecule has 0 bridgehead atoms. The highest BCUT2D eigenvalue weighted by atomic mass is 16.3. The second kappa shape index (κ2) is 5.28. The van der Waals surface area contributed by atoms with E-state index < -0.39 is 11.5 Å². The molecule has 0 unspecified atom stereocenters. The standard InChI is InChI=1S/C13H22N4O2/c1-13(2,3)12(19)14-6-9-4-8(5-10(9)18)11-15-7-16-17-11/h7-10,18H,4-6H2,1-3H3,(H,14,19)(H,15,16,17)/t8-,9+,10+/m1/s1. The van der Waals surface area contributed by atoms with Gasteiger partial charge in [-0.1, -0.05) is 20.8 Å². The SMILES string of the molecule is CC(C)(C)C(=O)NC[C@@H]1C[C@@H](c2ncn[nH]2)C[C@@H]1O. The van der Waals surface area contributed by atoms with Gasteiger partial charge in [0.15, 0.2) is 0 Å². The first-order valence-corrected chi connectivity index (χ1v) is 6.69. The number of aliphatic hydroxyl groups excluding tert-OH is 1. The van der Waals surface area contributed by atoms with Crippen LogP contribution in [0.25, 0.3) is 0 Å². The Hall–Kier alpha value is -1.43. The van der Waals surface area contributed by atoms with E-state index in [1.807, 2.05) is 20.8 Å². The summed E-state index contributed by atoms with van der Waals surface area (Å²) in [4.78, 5) is 16.0. The van der Waals surface area contributed by atoms with Gasteiger partial charge in [0.2, 0.25) is 5.91 Å². The second-order valence-corrected chi connectivity index (χ2v) is 6.33. The third kappa shape index (κ3) is 3.32. The number of aromatic nitrogens is 3. The molecule has 0 radical (unpaired) electrons. The van der Waals surface area contributed by atoms with Gasteiger partial charge >= 0.3 is 0 Å². The average molecular weight is 266 g/mol. The molecule has 19 heavy (non-hydrogen) atoms. The summed E-state index contributed by atoms with van der Waals surface area (Å²) in [5.74, 6) is 1.13. The van der Waals surface area contributed by atoms with Crippen molar-refractivity contribution in [3.63, 3.8) is 0 Å². The Labute approximate surface area is 113 Å². The third-order valence-electron chi connectivity index (χ3n) is 3.68. The number of aliphatic hydroxyl groups is 1. The number of nitrogens with one attached hydrogen (secondary N) is 2. The molecule has 6 heteroatoms. The van der Waals surface area contributed by atoms with Crippen molar-refractivity contribution < 1.29 is 9.90 Å². The summed E-state index contributed by atoms with van der Waals surface area (Å²) in [7, 11) is 0. The third-order valence-corrected chi connectivity index (χ3v) is 3.68. The smallest absolute Gasteiger partial charge is 0.225 e. The van der Waals surface area contributed by atoms with Crippen molar-refractivity contribution in [1.29, 1.82) is 0 Å². The molecule has 0 aromatic carbocycles. The lowest BCUT2D eigenvalue weighted by Crippen LogP contribution is -2.39. The van der Waals surface area contributed by atoms with Crippen molar-refractivity contribution in [1.82, 2.24) is 20.5 Å². The van der Waals surface area contributed by atoms with E-state index >= 15 is 0 Å². The summed E-state index contributed by atoms with van der Waals surface area (Å²) < 4.78 is 0. The zero-order valence-corrected chi connectivity index (χ0v) is 11.7. The number of carbonyl (C=O) groups excluding carboxylic acids is 1. The molecule has 1 saturated carbocycles. The summed E-state index contributed by atoms with van der Waals surface area (Å²) in [5, 5.41) is 19.7. The summed E-state index contributed by atoms with van der Waals surface area (Å²) in [6.07, 6.45) is 2.58. The topological polar surface area (TPSA) is 90.9 Å². The van der Waals surface area contributed by atoms with Crippen LogP contribution in [0.3, 0.4) is 0 Å². The molecule has 1 aliphatic rings. The van der Waals surface area contributed by atoms with Crippen LogP contribution in [0.2, 0.25) is 0 Å². The van der Waals surface area contributed by atoms with Crippen LogP contribution in [0.4, 0.5) is 0 Å². The van der Waals surface area contributed by atoms with Gasteiger partial charge in [-0.05, 0) is 12.8 Å². The van der Waals surface area contributed by atoms with Gasteiger partial charge in [-0.3, -0.25) is 9.89 Å². The molecule has 1 aromatic rings. The van der Waals surface area contributed by atoms with Gasteiger partial charge in [0.1, 0.15) is 12.2 Å². The largest absolute Gasteiger partial charge is 0.393 e. The molecule has 2 rings (SSSR count). The first-order chi connectivity index (χ1) is 8.88. The van der Waals surface area contributed by atoms with E-state index in [2.05, 4.69) is 20.5 Å². The monoisotopic (exact) mass is 266 g/mol. The van der Waals surface area contributed by atoms with Crippen molar-refractivity contribution in [3.05, 3.63) is 12.2 Å². The van der Waals surface area contributed by atoms with Crippen LogP contribution in [-0.2, 0) is 4.79 Å². The van der Waals surface area contributed by atoms with Crippen LogP contribution in [-0.4, -0.2) is 38.8 Å². The molecule has 1 aliphatic carbocycles. The number of hydrogen-bond acceptors (Lipinski definition) is 4. The van der Waals surface area contributed by atoms with Crippen LogP contribution < -0.4 is 5.32 Å². The zero-order chi connectivity index (χ0) is 14.0. The van der Waals surface area contributed by atoms with Crippen molar-refractivity contribution in [2.24, 2.45) is 11.3 Å². The van der Waals surface area contributed by atoms with Gasteiger partial charge in [0, 0.05) is 23.8 Å². The van der Waals surface area contributed by atoms with Crippen molar-refractivity contribution in [2.45, 2.75) is 45.6 Å². The molecular formula is C13H22N4O2. The molecule has 1 fully saturated rings. The van der Waals surface area contributed by atoms with Gasteiger partial charge < -0.3 is 10.4 Å². The van der Waals surface area contributed by atoms with Gasteiger partial charge in [-0.25, -0.2) is 4.98 Å². The highest BCUT2D eigenvalue weighted by Gasteiger charge is 2.35.